The number of carboxylic acid groups (broad SMARTS) is 2. The Balaban J connectivity index is 2.04. The van der Waals surface area contributed by atoms with Gasteiger partial charge >= 0.3 is 11.9 Å². The molecule has 0 spiro atoms. The van der Waals surface area contributed by atoms with E-state index in [4.69, 9.17) is 9.84 Å². The first-order valence-electron chi connectivity index (χ1n) is 6.78. The van der Waals surface area contributed by atoms with E-state index in [9.17, 15) is 19.5 Å². The fourth-order valence-electron chi connectivity index (χ4n) is 3.60. The molecule has 3 aliphatic heterocycles. The summed E-state index contributed by atoms with van der Waals surface area (Å²) >= 11 is 0. The topological polar surface area (TPSA) is 125 Å². The number of rotatable bonds is 3. The Morgan fingerprint density at radius 1 is 1.43 bits per heavy atom. The zero-order valence-corrected chi connectivity index (χ0v) is 11.1. The van der Waals surface area contributed by atoms with Gasteiger partial charge < -0.3 is 25.6 Å². The molecule has 4 N–H and O–H groups in total. The molecular formula is C13H16N2O6. The van der Waals surface area contributed by atoms with Crippen LogP contribution in [0.4, 0.5) is 0 Å². The molecule has 3 rings (SSSR count). The van der Waals surface area contributed by atoms with E-state index in [0.717, 1.165) is 6.42 Å². The lowest BCUT2D eigenvalue weighted by Gasteiger charge is -2.29. The first kappa shape index (κ1) is 14.0. The van der Waals surface area contributed by atoms with Crippen molar-refractivity contribution < 1.29 is 29.3 Å². The highest BCUT2D eigenvalue weighted by Crippen LogP contribution is 2.46. The molecule has 1 amide bonds. The van der Waals surface area contributed by atoms with E-state index in [1.165, 1.54) is 0 Å². The summed E-state index contributed by atoms with van der Waals surface area (Å²) in [5.41, 5.74) is -1.56. The number of amides is 1. The zero-order valence-electron chi connectivity index (χ0n) is 11.1. The van der Waals surface area contributed by atoms with Crippen molar-refractivity contribution in [1.29, 1.82) is 0 Å². The van der Waals surface area contributed by atoms with Gasteiger partial charge in [0.1, 0.15) is 5.60 Å². The standard InChI is InChI=1S/C13H16N2O6/c16-7(17)5-13-8(11(18)15-10(13)12(19)20)9-6(21-13)3-1-2-4-14-9/h1,3,6,8-10,14H,2,4-5H2,(H,15,18)(H,16,17)(H,19,20)/t6-,8+,9+,10-,13+/m0/s1. The van der Waals surface area contributed by atoms with Gasteiger partial charge in [0.05, 0.1) is 24.5 Å². The van der Waals surface area contributed by atoms with Crippen LogP contribution < -0.4 is 10.6 Å². The molecule has 0 unspecified atom stereocenters. The minimum absolute atomic E-state index is 0.410. The van der Waals surface area contributed by atoms with Crippen molar-refractivity contribution in [2.75, 3.05) is 6.54 Å². The summed E-state index contributed by atoms with van der Waals surface area (Å²) in [6.07, 6.45) is 3.42. The fraction of sp³-hybridized carbons (Fsp3) is 0.615. The Morgan fingerprint density at radius 2 is 2.19 bits per heavy atom. The number of ether oxygens (including phenoxy) is 1. The third-order valence-electron chi connectivity index (χ3n) is 4.34. The fourth-order valence-corrected chi connectivity index (χ4v) is 3.60. The lowest BCUT2D eigenvalue weighted by atomic mass is 9.79. The van der Waals surface area contributed by atoms with Crippen molar-refractivity contribution in [2.45, 2.75) is 36.6 Å². The molecule has 0 saturated carbocycles. The van der Waals surface area contributed by atoms with E-state index in [1.54, 1.807) is 6.08 Å². The molecule has 21 heavy (non-hydrogen) atoms. The molecule has 0 aromatic rings. The molecule has 8 heteroatoms. The molecule has 114 valence electrons. The second kappa shape index (κ2) is 4.81. The SMILES string of the molecule is O=C(O)C[C@@]12O[C@H]3C=CCCN[C@H]3[C@@H]1C(=O)N[C@H]2C(=O)O. The van der Waals surface area contributed by atoms with Gasteiger partial charge in [0.15, 0.2) is 6.04 Å². The van der Waals surface area contributed by atoms with E-state index in [1.807, 2.05) is 6.08 Å². The Morgan fingerprint density at radius 3 is 2.86 bits per heavy atom. The van der Waals surface area contributed by atoms with Crippen LogP contribution >= 0.6 is 0 Å². The number of nitrogens with one attached hydrogen (secondary N) is 2. The quantitative estimate of drug-likeness (QED) is 0.478. The summed E-state index contributed by atoms with van der Waals surface area (Å²) in [6.45, 7) is 0.631. The van der Waals surface area contributed by atoms with Crippen LogP contribution in [0.25, 0.3) is 0 Å². The summed E-state index contributed by atoms with van der Waals surface area (Å²) in [5, 5.41) is 24.0. The largest absolute Gasteiger partial charge is 0.481 e. The minimum Gasteiger partial charge on any atom is -0.481 e. The number of carbonyl (C=O) groups is 3. The van der Waals surface area contributed by atoms with Crippen molar-refractivity contribution in [3.63, 3.8) is 0 Å². The molecule has 0 radical (unpaired) electrons. The van der Waals surface area contributed by atoms with E-state index in [2.05, 4.69) is 10.6 Å². The van der Waals surface area contributed by atoms with Crippen LogP contribution in [-0.2, 0) is 19.1 Å². The summed E-state index contributed by atoms with van der Waals surface area (Å²) < 4.78 is 5.82. The highest BCUT2D eigenvalue weighted by atomic mass is 16.5. The maximum atomic E-state index is 12.2. The monoisotopic (exact) mass is 296 g/mol. The Bertz CT molecular complexity index is 533. The van der Waals surface area contributed by atoms with Crippen molar-refractivity contribution >= 4 is 17.8 Å². The van der Waals surface area contributed by atoms with Crippen molar-refractivity contribution in [1.82, 2.24) is 10.6 Å². The second-order valence-corrected chi connectivity index (χ2v) is 5.56. The van der Waals surface area contributed by atoms with Crippen LogP contribution in [0.15, 0.2) is 12.2 Å². The molecular weight excluding hydrogens is 280 g/mol. The van der Waals surface area contributed by atoms with Gasteiger partial charge in [-0.1, -0.05) is 12.2 Å². The maximum Gasteiger partial charge on any atom is 0.329 e. The smallest absolute Gasteiger partial charge is 0.329 e. The van der Waals surface area contributed by atoms with Gasteiger partial charge in [-0.15, -0.1) is 0 Å². The number of fused-ring (bicyclic) bond motifs is 3. The summed E-state index contributed by atoms with van der Waals surface area (Å²) in [6, 6.07) is -1.76. The van der Waals surface area contributed by atoms with Gasteiger partial charge in [-0.2, -0.15) is 0 Å². The number of aliphatic carboxylic acids is 2. The molecule has 0 aliphatic carbocycles. The highest BCUT2D eigenvalue weighted by molar-refractivity contribution is 5.94. The third-order valence-corrected chi connectivity index (χ3v) is 4.34. The van der Waals surface area contributed by atoms with Crippen LogP contribution in [-0.4, -0.2) is 58.4 Å². The highest BCUT2D eigenvalue weighted by Gasteiger charge is 2.68. The Kier molecular flexibility index (Phi) is 3.22. The maximum absolute atomic E-state index is 12.2. The van der Waals surface area contributed by atoms with Crippen LogP contribution in [0.5, 0.6) is 0 Å². The van der Waals surface area contributed by atoms with Gasteiger partial charge in [0.25, 0.3) is 0 Å². The molecule has 5 atom stereocenters. The van der Waals surface area contributed by atoms with Crippen molar-refractivity contribution in [3.05, 3.63) is 12.2 Å². The number of hydrogen-bond acceptors (Lipinski definition) is 5. The molecule has 3 heterocycles. The lowest BCUT2D eigenvalue weighted by molar-refractivity contribution is -0.155. The van der Waals surface area contributed by atoms with E-state index in [-0.39, 0.29) is 0 Å². The predicted molar refractivity (Wildman–Crippen MR) is 68.5 cm³/mol. The zero-order chi connectivity index (χ0) is 15.2. The van der Waals surface area contributed by atoms with Crippen LogP contribution in [0, 0.1) is 5.92 Å². The number of carboxylic acids is 2. The average molecular weight is 296 g/mol. The van der Waals surface area contributed by atoms with E-state index >= 15 is 0 Å². The first-order chi connectivity index (χ1) is 9.95. The molecule has 0 aromatic carbocycles. The van der Waals surface area contributed by atoms with Crippen LogP contribution in [0.2, 0.25) is 0 Å². The van der Waals surface area contributed by atoms with Crippen LogP contribution in [0.3, 0.4) is 0 Å². The van der Waals surface area contributed by atoms with Gasteiger partial charge in [-0.25, -0.2) is 4.79 Å². The van der Waals surface area contributed by atoms with Gasteiger partial charge in [0, 0.05) is 0 Å². The molecule has 2 saturated heterocycles. The molecule has 0 bridgehead atoms. The van der Waals surface area contributed by atoms with Crippen LogP contribution in [0.1, 0.15) is 12.8 Å². The summed E-state index contributed by atoms with van der Waals surface area (Å²) in [4.78, 5) is 34.8. The first-order valence-corrected chi connectivity index (χ1v) is 6.78. The third kappa shape index (κ3) is 2.02. The molecule has 8 nitrogen and oxygen atoms in total. The minimum atomic E-state index is -1.56. The van der Waals surface area contributed by atoms with E-state index < -0.39 is 54.0 Å². The summed E-state index contributed by atoms with van der Waals surface area (Å²) in [5.74, 6) is -3.78. The van der Waals surface area contributed by atoms with Crippen molar-refractivity contribution in [2.24, 2.45) is 5.92 Å². The Hall–Kier alpha value is -1.93. The Labute approximate surface area is 120 Å². The van der Waals surface area contributed by atoms with Gasteiger partial charge in [-0.3, -0.25) is 9.59 Å². The summed E-state index contributed by atoms with van der Waals surface area (Å²) in [7, 11) is 0. The average Bonchev–Trinajstić information content (AvgIpc) is 2.71. The number of hydrogen-bond donors (Lipinski definition) is 4. The number of carbonyl (C=O) groups excluding carboxylic acids is 1. The molecule has 0 aromatic heterocycles. The second-order valence-electron chi connectivity index (χ2n) is 5.56. The molecule has 3 aliphatic rings. The molecule has 2 fully saturated rings. The van der Waals surface area contributed by atoms with E-state index in [0.29, 0.717) is 6.54 Å². The van der Waals surface area contributed by atoms with Gasteiger partial charge in [-0.05, 0) is 13.0 Å². The predicted octanol–water partition coefficient (Wildman–Crippen LogP) is -1.28. The normalized spacial score (nSPS) is 41.0. The van der Waals surface area contributed by atoms with Gasteiger partial charge in [0.2, 0.25) is 5.91 Å². The lowest BCUT2D eigenvalue weighted by Crippen LogP contribution is -2.52. The van der Waals surface area contributed by atoms with Crippen molar-refractivity contribution in [3.8, 4) is 0 Å².